The van der Waals surface area contributed by atoms with Gasteiger partial charge in [-0.3, -0.25) is 14.8 Å². The first-order valence-electron chi connectivity index (χ1n) is 9.30. The number of anilines is 1. The van der Waals surface area contributed by atoms with E-state index in [4.69, 9.17) is 4.74 Å². The average Bonchev–Trinajstić information content (AvgIpc) is 3.10. The normalized spacial score (nSPS) is 15.2. The Bertz CT molecular complexity index is 1040. The smallest absolute Gasteiger partial charge is 0.238 e. The fourth-order valence-electron chi connectivity index (χ4n) is 3.18. The molecule has 1 amide bonds. The topological polar surface area (TPSA) is 70.2 Å². The number of halogens is 2. The van der Waals surface area contributed by atoms with E-state index >= 15 is 0 Å². The Morgan fingerprint density at radius 2 is 1.93 bits per heavy atom. The van der Waals surface area contributed by atoms with Crippen molar-refractivity contribution in [2.75, 3.05) is 38.2 Å². The van der Waals surface area contributed by atoms with Gasteiger partial charge in [-0.25, -0.2) is 8.78 Å². The molecule has 1 saturated heterocycles. The van der Waals surface area contributed by atoms with Crippen LogP contribution in [-0.2, 0) is 9.53 Å². The minimum Gasteiger partial charge on any atom is -0.379 e. The van der Waals surface area contributed by atoms with Crippen LogP contribution in [0.5, 0.6) is 0 Å². The number of aromatic amines is 1. The van der Waals surface area contributed by atoms with Gasteiger partial charge in [-0.1, -0.05) is 18.2 Å². The first kappa shape index (κ1) is 19.2. The van der Waals surface area contributed by atoms with E-state index < -0.39 is 5.82 Å². The van der Waals surface area contributed by atoms with E-state index in [1.807, 2.05) is 4.90 Å². The van der Waals surface area contributed by atoms with Gasteiger partial charge in [-0.05, 0) is 29.8 Å². The summed E-state index contributed by atoms with van der Waals surface area (Å²) in [6, 6.07) is 8.92. The molecule has 0 radical (unpaired) electrons. The lowest BCUT2D eigenvalue weighted by molar-refractivity contribution is -0.118. The van der Waals surface area contributed by atoms with Crippen LogP contribution >= 0.6 is 0 Å². The number of carbonyl (C=O) groups is 1. The van der Waals surface area contributed by atoms with Crippen LogP contribution in [-0.4, -0.2) is 53.9 Å². The van der Waals surface area contributed by atoms with Crippen molar-refractivity contribution in [3.8, 4) is 0 Å². The molecule has 0 bridgehead atoms. The maximum absolute atomic E-state index is 14.4. The number of hydrogen-bond donors (Lipinski definition) is 2. The Kier molecular flexibility index (Phi) is 5.64. The molecule has 0 unspecified atom stereocenters. The van der Waals surface area contributed by atoms with Crippen LogP contribution in [0.2, 0.25) is 0 Å². The van der Waals surface area contributed by atoms with Crippen molar-refractivity contribution in [2.45, 2.75) is 0 Å². The summed E-state index contributed by atoms with van der Waals surface area (Å²) in [4.78, 5) is 14.3. The highest BCUT2D eigenvalue weighted by molar-refractivity contribution is 5.97. The Labute approximate surface area is 166 Å². The summed E-state index contributed by atoms with van der Waals surface area (Å²) in [5.41, 5.74) is 2.03. The molecule has 1 aromatic heterocycles. The van der Waals surface area contributed by atoms with Crippen LogP contribution in [0.25, 0.3) is 23.1 Å². The van der Waals surface area contributed by atoms with Crippen LogP contribution in [0, 0.1) is 11.6 Å². The van der Waals surface area contributed by atoms with Crippen molar-refractivity contribution >= 4 is 34.6 Å². The Morgan fingerprint density at radius 1 is 1.17 bits per heavy atom. The molecule has 6 nitrogen and oxygen atoms in total. The Morgan fingerprint density at radius 3 is 2.69 bits per heavy atom. The lowest BCUT2D eigenvalue weighted by Gasteiger charge is -2.25. The first-order chi connectivity index (χ1) is 14.1. The van der Waals surface area contributed by atoms with Gasteiger partial charge in [0.1, 0.15) is 11.6 Å². The van der Waals surface area contributed by atoms with Gasteiger partial charge in [0.2, 0.25) is 5.91 Å². The maximum Gasteiger partial charge on any atom is 0.238 e. The second-order valence-electron chi connectivity index (χ2n) is 6.81. The summed E-state index contributed by atoms with van der Waals surface area (Å²) < 4.78 is 32.7. The number of fused-ring (bicyclic) bond motifs is 1. The molecule has 3 aromatic rings. The molecule has 8 heteroatoms. The maximum atomic E-state index is 14.4. The predicted molar refractivity (Wildman–Crippen MR) is 107 cm³/mol. The minimum atomic E-state index is -0.537. The lowest BCUT2D eigenvalue weighted by Crippen LogP contribution is -2.41. The molecule has 2 N–H and O–H groups in total. The highest BCUT2D eigenvalue weighted by Gasteiger charge is 2.16. The fraction of sp³-hybridized carbons (Fsp3) is 0.238. The number of benzene rings is 2. The van der Waals surface area contributed by atoms with E-state index in [0.717, 1.165) is 5.56 Å². The molecular weight excluding hydrogens is 378 g/mol. The number of nitrogens with one attached hydrogen (secondary N) is 2. The van der Waals surface area contributed by atoms with Crippen LogP contribution in [0.15, 0.2) is 36.4 Å². The zero-order chi connectivity index (χ0) is 20.2. The third-order valence-electron chi connectivity index (χ3n) is 4.73. The van der Waals surface area contributed by atoms with E-state index in [2.05, 4.69) is 15.5 Å². The van der Waals surface area contributed by atoms with Crippen molar-refractivity contribution in [2.24, 2.45) is 0 Å². The van der Waals surface area contributed by atoms with E-state index in [0.29, 0.717) is 42.9 Å². The zero-order valence-electron chi connectivity index (χ0n) is 15.6. The highest BCUT2D eigenvalue weighted by Crippen LogP contribution is 2.25. The average molecular weight is 398 g/mol. The van der Waals surface area contributed by atoms with E-state index in [1.165, 1.54) is 18.2 Å². The van der Waals surface area contributed by atoms with Crippen molar-refractivity contribution in [1.29, 1.82) is 0 Å². The number of hydrogen-bond acceptors (Lipinski definition) is 4. The van der Waals surface area contributed by atoms with Gasteiger partial charge in [0.05, 0.1) is 36.7 Å². The number of rotatable bonds is 5. The second kappa shape index (κ2) is 8.50. The molecule has 29 heavy (non-hydrogen) atoms. The standard InChI is InChI=1S/C21H20F2N4O2/c22-15-4-1-14(2-5-15)3-6-18-16-11-20(17(23)12-19(16)26-25-18)24-21(28)13-27-7-9-29-10-8-27/h1-6,11-12H,7-10,13H2,(H,24,28)(H,25,26)/b6-3+. The summed E-state index contributed by atoms with van der Waals surface area (Å²) in [6.07, 6.45) is 3.54. The van der Waals surface area contributed by atoms with Gasteiger partial charge in [-0.15, -0.1) is 0 Å². The molecule has 0 spiro atoms. The molecule has 1 aliphatic rings. The number of amides is 1. The second-order valence-corrected chi connectivity index (χ2v) is 6.81. The van der Waals surface area contributed by atoms with Crippen LogP contribution < -0.4 is 5.32 Å². The first-order valence-corrected chi connectivity index (χ1v) is 9.30. The van der Waals surface area contributed by atoms with E-state index in [9.17, 15) is 13.6 Å². The van der Waals surface area contributed by atoms with E-state index in [1.54, 1.807) is 30.4 Å². The number of aromatic nitrogens is 2. The molecule has 4 rings (SSSR count). The van der Waals surface area contributed by atoms with Gasteiger partial charge < -0.3 is 10.1 Å². The highest BCUT2D eigenvalue weighted by atomic mass is 19.1. The molecule has 0 saturated carbocycles. The molecule has 1 fully saturated rings. The summed E-state index contributed by atoms with van der Waals surface area (Å²) >= 11 is 0. The van der Waals surface area contributed by atoms with Gasteiger partial charge in [0, 0.05) is 24.5 Å². The van der Waals surface area contributed by atoms with Gasteiger partial charge in [0.15, 0.2) is 0 Å². The Hall–Kier alpha value is -3.10. The quantitative estimate of drug-likeness (QED) is 0.692. The van der Waals surface area contributed by atoms with Crippen molar-refractivity contribution in [3.63, 3.8) is 0 Å². The molecule has 150 valence electrons. The number of ether oxygens (including phenoxy) is 1. The molecule has 0 atom stereocenters. The third kappa shape index (κ3) is 4.67. The van der Waals surface area contributed by atoms with Gasteiger partial charge >= 0.3 is 0 Å². The van der Waals surface area contributed by atoms with Crippen molar-refractivity contribution in [3.05, 3.63) is 59.3 Å². The molecule has 2 aromatic carbocycles. The van der Waals surface area contributed by atoms with Crippen molar-refractivity contribution < 1.29 is 18.3 Å². The SMILES string of the molecule is O=C(CN1CCOCC1)Nc1cc2c(/C=C/c3ccc(F)cc3)n[nH]c2cc1F. The van der Waals surface area contributed by atoms with Gasteiger partial charge in [0.25, 0.3) is 0 Å². The largest absolute Gasteiger partial charge is 0.379 e. The van der Waals surface area contributed by atoms with Crippen LogP contribution in [0.3, 0.4) is 0 Å². The monoisotopic (exact) mass is 398 g/mol. The summed E-state index contributed by atoms with van der Waals surface area (Å²) in [5.74, 6) is -1.12. The summed E-state index contributed by atoms with van der Waals surface area (Å²) in [5, 5.41) is 10.3. The van der Waals surface area contributed by atoms with Crippen LogP contribution in [0.1, 0.15) is 11.3 Å². The number of carbonyl (C=O) groups excluding carboxylic acids is 1. The Balaban J connectivity index is 1.52. The minimum absolute atomic E-state index is 0.105. The molecular formula is C21H20F2N4O2. The van der Waals surface area contributed by atoms with Crippen LogP contribution in [0.4, 0.5) is 14.5 Å². The zero-order valence-corrected chi connectivity index (χ0v) is 15.6. The number of morpholine rings is 1. The number of H-pyrrole nitrogens is 1. The lowest BCUT2D eigenvalue weighted by atomic mass is 10.1. The summed E-state index contributed by atoms with van der Waals surface area (Å²) in [6.45, 7) is 2.71. The molecule has 2 heterocycles. The van der Waals surface area contributed by atoms with E-state index in [-0.39, 0.29) is 24.0 Å². The predicted octanol–water partition coefficient (Wildman–Crippen LogP) is 3.28. The van der Waals surface area contributed by atoms with Crippen molar-refractivity contribution in [1.82, 2.24) is 15.1 Å². The third-order valence-corrected chi connectivity index (χ3v) is 4.73. The van der Waals surface area contributed by atoms with Gasteiger partial charge in [-0.2, -0.15) is 5.10 Å². The fourth-order valence-corrected chi connectivity index (χ4v) is 3.18. The molecule has 1 aliphatic heterocycles. The molecule has 0 aliphatic carbocycles. The summed E-state index contributed by atoms with van der Waals surface area (Å²) in [7, 11) is 0. The number of nitrogens with zero attached hydrogens (tertiary/aromatic N) is 2.